The number of thiophene rings is 3. The van der Waals surface area contributed by atoms with Gasteiger partial charge in [-0.25, -0.2) is 0 Å². The number of rotatable bonds is 6. The molecule has 0 bridgehead atoms. The van der Waals surface area contributed by atoms with Gasteiger partial charge in [0, 0.05) is 21.9 Å². The molecule has 0 aliphatic rings. The van der Waals surface area contributed by atoms with Gasteiger partial charge in [-0.15, -0.1) is 22.7 Å². The van der Waals surface area contributed by atoms with E-state index in [0.717, 1.165) is 19.5 Å². The highest BCUT2D eigenvalue weighted by molar-refractivity contribution is 7.14. The molecule has 3 aromatic rings. The Balaban J connectivity index is 1.48. The Labute approximate surface area is 125 Å². The summed E-state index contributed by atoms with van der Waals surface area (Å²) in [4.78, 5) is 2.77. The van der Waals surface area contributed by atoms with Gasteiger partial charge in [0.25, 0.3) is 0 Å². The van der Waals surface area contributed by atoms with Gasteiger partial charge < -0.3 is 5.32 Å². The summed E-state index contributed by atoms with van der Waals surface area (Å²) in [6.45, 7) is 2.02. The first-order valence-electron chi connectivity index (χ1n) is 6.25. The molecule has 0 spiro atoms. The second-order valence-electron chi connectivity index (χ2n) is 4.34. The topological polar surface area (TPSA) is 12.0 Å². The van der Waals surface area contributed by atoms with Crippen molar-refractivity contribution in [3.8, 4) is 10.4 Å². The minimum atomic E-state index is 0.972. The molecule has 3 aromatic heterocycles. The van der Waals surface area contributed by atoms with Crippen molar-refractivity contribution < 1.29 is 0 Å². The maximum absolute atomic E-state index is 3.52. The lowest BCUT2D eigenvalue weighted by Gasteiger charge is -2.01. The molecule has 0 amide bonds. The van der Waals surface area contributed by atoms with Crippen LogP contribution in [-0.4, -0.2) is 6.54 Å². The van der Waals surface area contributed by atoms with Gasteiger partial charge in [0.15, 0.2) is 0 Å². The van der Waals surface area contributed by atoms with Crippen LogP contribution >= 0.6 is 34.0 Å². The molecule has 0 aliphatic heterocycles. The molecule has 0 atom stereocenters. The van der Waals surface area contributed by atoms with Crippen molar-refractivity contribution in [2.24, 2.45) is 0 Å². The van der Waals surface area contributed by atoms with Gasteiger partial charge in [-0.1, -0.05) is 6.07 Å². The van der Waals surface area contributed by atoms with Crippen molar-refractivity contribution in [1.82, 2.24) is 5.32 Å². The monoisotopic (exact) mass is 305 g/mol. The van der Waals surface area contributed by atoms with Crippen LogP contribution in [0.3, 0.4) is 0 Å². The Hall–Kier alpha value is -0.940. The summed E-state index contributed by atoms with van der Waals surface area (Å²) in [5, 5.41) is 12.3. The summed E-state index contributed by atoms with van der Waals surface area (Å²) in [6.07, 6.45) is 1.12. The smallest absolute Gasteiger partial charge is 0.0351 e. The first-order chi connectivity index (χ1) is 9.42. The quantitative estimate of drug-likeness (QED) is 0.641. The zero-order valence-corrected chi connectivity index (χ0v) is 12.9. The van der Waals surface area contributed by atoms with E-state index in [4.69, 9.17) is 0 Å². The van der Waals surface area contributed by atoms with Gasteiger partial charge in [-0.05, 0) is 58.2 Å². The van der Waals surface area contributed by atoms with Crippen LogP contribution in [0.25, 0.3) is 10.4 Å². The fourth-order valence-corrected chi connectivity index (χ4v) is 4.27. The van der Waals surface area contributed by atoms with Gasteiger partial charge in [-0.3, -0.25) is 0 Å². The summed E-state index contributed by atoms with van der Waals surface area (Å²) < 4.78 is 0. The van der Waals surface area contributed by atoms with Crippen LogP contribution in [0, 0.1) is 0 Å². The Morgan fingerprint density at radius 1 is 1.05 bits per heavy atom. The van der Waals surface area contributed by atoms with E-state index in [-0.39, 0.29) is 0 Å². The lowest BCUT2D eigenvalue weighted by Crippen LogP contribution is -2.15. The maximum Gasteiger partial charge on any atom is 0.0351 e. The maximum atomic E-state index is 3.52. The largest absolute Gasteiger partial charge is 0.312 e. The predicted octanol–water partition coefficient (Wildman–Crippen LogP) is 4.87. The minimum Gasteiger partial charge on any atom is -0.312 e. The molecule has 0 radical (unpaired) electrons. The first-order valence-corrected chi connectivity index (χ1v) is 8.95. The molecule has 4 heteroatoms. The summed E-state index contributed by atoms with van der Waals surface area (Å²) in [5.41, 5.74) is 2.79. The van der Waals surface area contributed by atoms with Crippen LogP contribution in [0.2, 0.25) is 0 Å². The van der Waals surface area contributed by atoms with Crippen molar-refractivity contribution in [2.45, 2.75) is 13.0 Å². The molecule has 0 unspecified atom stereocenters. The van der Waals surface area contributed by atoms with Crippen LogP contribution in [-0.2, 0) is 13.0 Å². The molecule has 1 N–H and O–H groups in total. The molecule has 0 saturated carbocycles. The zero-order chi connectivity index (χ0) is 12.9. The van der Waals surface area contributed by atoms with Crippen molar-refractivity contribution in [3.05, 3.63) is 56.2 Å². The van der Waals surface area contributed by atoms with Crippen molar-refractivity contribution >= 4 is 34.0 Å². The summed E-state index contributed by atoms with van der Waals surface area (Å²) in [7, 11) is 0. The Bertz CT molecular complexity index is 593. The fraction of sp³-hybridized carbons (Fsp3) is 0.200. The standard InChI is InChI=1S/C15H15NS3/c1-2-15(18-6-1)13-8-14(19-11-13)9-16-5-3-12-4-7-17-10-12/h1-2,4,6-8,10-11,16H,3,5,9H2. The average Bonchev–Trinajstić information content (AvgIpc) is 3.15. The molecule has 3 heterocycles. The predicted molar refractivity (Wildman–Crippen MR) is 87.4 cm³/mol. The first kappa shape index (κ1) is 13.1. The van der Waals surface area contributed by atoms with E-state index in [1.165, 1.54) is 20.9 Å². The highest BCUT2D eigenvalue weighted by Crippen LogP contribution is 2.29. The second kappa shape index (κ2) is 6.48. The van der Waals surface area contributed by atoms with Crippen LogP contribution in [0.5, 0.6) is 0 Å². The number of nitrogens with one attached hydrogen (secondary N) is 1. The molecule has 3 rings (SSSR count). The average molecular weight is 305 g/mol. The normalized spacial score (nSPS) is 10.9. The Kier molecular flexibility index (Phi) is 4.45. The molecular weight excluding hydrogens is 290 g/mol. The van der Waals surface area contributed by atoms with Gasteiger partial charge in [0.2, 0.25) is 0 Å². The molecule has 1 nitrogen and oxygen atoms in total. The zero-order valence-electron chi connectivity index (χ0n) is 10.5. The molecule has 0 aromatic carbocycles. The third-order valence-electron chi connectivity index (χ3n) is 2.93. The van der Waals surface area contributed by atoms with Crippen LogP contribution in [0.15, 0.2) is 45.8 Å². The van der Waals surface area contributed by atoms with Crippen LogP contribution in [0.1, 0.15) is 10.4 Å². The summed E-state index contributed by atoms with van der Waals surface area (Å²) >= 11 is 5.42. The second-order valence-corrected chi connectivity index (χ2v) is 7.06. The molecule has 19 heavy (non-hydrogen) atoms. The fourth-order valence-electron chi connectivity index (χ4n) is 1.92. The van der Waals surface area contributed by atoms with Crippen LogP contribution < -0.4 is 5.32 Å². The summed E-state index contributed by atoms with van der Waals surface area (Å²) in [5.74, 6) is 0. The lowest BCUT2D eigenvalue weighted by atomic mass is 10.2. The third-order valence-corrected chi connectivity index (χ3v) is 5.52. The highest BCUT2D eigenvalue weighted by Gasteiger charge is 2.03. The number of hydrogen-bond acceptors (Lipinski definition) is 4. The Morgan fingerprint density at radius 3 is 2.84 bits per heavy atom. The van der Waals surface area contributed by atoms with E-state index >= 15 is 0 Å². The minimum absolute atomic E-state index is 0.972. The highest BCUT2D eigenvalue weighted by atomic mass is 32.1. The Morgan fingerprint density at radius 2 is 2.05 bits per heavy atom. The van der Waals surface area contributed by atoms with Crippen LogP contribution in [0.4, 0.5) is 0 Å². The SMILES string of the molecule is c1csc(-c2csc(CNCCc3ccsc3)c2)c1. The van der Waals surface area contributed by atoms with E-state index in [9.17, 15) is 0 Å². The summed E-state index contributed by atoms with van der Waals surface area (Å²) in [6, 6.07) is 8.79. The van der Waals surface area contributed by atoms with Gasteiger partial charge in [-0.2, -0.15) is 11.3 Å². The van der Waals surface area contributed by atoms with E-state index in [1.54, 1.807) is 22.7 Å². The molecule has 0 saturated heterocycles. The van der Waals surface area contributed by atoms with E-state index in [1.807, 2.05) is 11.3 Å². The lowest BCUT2D eigenvalue weighted by molar-refractivity contribution is 0.694. The van der Waals surface area contributed by atoms with E-state index < -0.39 is 0 Å². The number of hydrogen-bond donors (Lipinski definition) is 1. The molecule has 0 fully saturated rings. The van der Waals surface area contributed by atoms with Crippen molar-refractivity contribution in [3.63, 3.8) is 0 Å². The third kappa shape index (κ3) is 3.54. The molecule has 98 valence electrons. The van der Waals surface area contributed by atoms with Gasteiger partial charge in [0.1, 0.15) is 0 Å². The van der Waals surface area contributed by atoms with Gasteiger partial charge >= 0.3 is 0 Å². The van der Waals surface area contributed by atoms with Crippen molar-refractivity contribution in [2.75, 3.05) is 6.54 Å². The molecule has 0 aliphatic carbocycles. The van der Waals surface area contributed by atoms with Gasteiger partial charge in [0.05, 0.1) is 0 Å². The molecular formula is C15H15NS3. The van der Waals surface area contributed by atoms with E-state index in [2.05, 4.69) is 51.1 Å². The van der Waals surface area contributed by atoms with Crippen molar-refractivity contribution in [1.29, 1.82) is 0 Å². The van der Waals surface area contributed by atoms with E-state index in [0.29, 0.717) is 0 Å².